The zero-order valence-electron chi connectivity index (χ0n) is 13.3. The van der Waals surface area contributed by atoms with Crippen LogP contribution in [0.15, 0.2) is 66.7 Å². The van der Waals surface area contributed by atoms with Gasteiger partial charge < -0.3 is 5.32 Å². The lowest BCUT2D eigenvalue weighted by molar-refractivity contribution is 0.625. The summed E-state index contributed by atoms with van der Waals surface area (Å²) in [5, 5.41) is 5.99. The SMILES string of the molecule is CNC[C@@H](Cc1ccccc1C)c1ccc2ccccc2c1. The number of aryl methyl sites for hydroxylation is 1. The summed E-state index contributed by atoms with van der Waals surface area (Å²) in [4.78, 5) is 0. The Morgan fingerprint density at radius 2 is 1.59 bits per heavy atom. The van der Waals surface area contributed by atoms with Crippen molar-refractivity contribution in [1.82, 2.24) is 5.32 Å². The van der Waals surface area contributed by atoms with Crippen LogP contribution in [-0.2, 0) is 6.42 Å². The van der Waals surface area contributed by atoms with Crippen molar-refractivity contribution in [2.75, 3.05) is 13.6 Å². The summed E-state index contributed by atoms with van der Waals surface area (Å²) < 4.78 is 0. The highest BCUT2D eigenvalue weighted by atomic mass is 14.8. The number of hydrogen-bond acceptors (Lipinski definition) is 1. The van der Waals surface area contributed by atoms with E-state index in [1.54, 1.807) is 0 Å². The highest BCUT2D eigenvalue weighted by molar-refractivity contribution is 5.83. The second-order valence-corrected chi connectivity index (χ2v) is 5.99. The molecule has 1 nitrogen and oxygen atoms in total. The van der Waals surface area contributed by atoms with Crippen LogP contribution in [0, 0.1) is 6.92 Å². The molecule has 0 unspecified atom stereocenters. The van der Waals surface area contributed by atoms with Crippen LogP contribution in [0.25, 0.3) is 10.8 Å². The third-order valence-corrected chi connectivity index (χ3v) is 4.42. The van der Waals surface area contributed by atoms with E-state index in [0.717, 1.165) is 13.0 Å². The van der Waals surface area contributed by atoms with E-state index >= 15 is 0 Å². The molecule has 0 saturated heterocycles. The van der Waals surface area contributed by atoms with Crippen molar-refractivity contribution in [3.05, 3.63) is 83.4 Å². The van der Waals surface area contributed by atoms with Crippen molar-refractivity contribution < 1.29 is 0 Å². The molecule has 0 heterocycles. The third kappa shape index (κ3) is 3.20. The molecule has 112 valence electrons. The van der Waals surface area contributed by atoms with E-state index in [0.29, 0.717) is 5.92 Å². The fraction of sp³-hybridized carbons (Fsp3) is 0.238. The van der Waals surface area contributed by atoms with Gasteiger partial charge in [-0.1, -0.05) is 66.7 Å². The van der Waals surface area contributed by atoms with E-state index in [2.05, 4.69) is 79.0 Å². The van der Waals surface area contributed by atoms with E-state index in [4.69, 9.17) is 0 Å². The number of likely N-dealkylation sites (N-methyl/N-ethyl adjacent to an activating group) is 1. The molecule has 0 aliphatic carbocycles. The Morgan fingerprint density at radius 3 is 2.36 bits per heavy atom. The first kappa shape index (κ1) is 14.8. The molecule has 0 spiro atoms. The number of nitrogens with one attached hydrogen (secondary N) is 1. The van der Waals surface area contributed by atoms with Crippen molar-refractivity contribution in [3.8, 4) is 0 Å². The van der Waals surface area contributed by atoms with Gasteiger partial charge in [-0.25, -0.2) is 0 Å². The zero-order chi connectivity index (χ0) is 15.4. The molecule has 0 radical (unpaired) electrons. The average molecular weight is 289 g/mol. The van der Waals surface area contributed by atoms with Crippen molar-refractivity contribution in [1.29, 1.82) is 0 Å². The monoisotopic (exact) mass is 289 g/mol. The Labute approximate surface area is 133 Å². The van der Waals surface area contributed by atoms with Crippen molar-refractivity contribution in [3.63, 3.8) is 0 Å². The molecule has 1 heteroatoms. The van der Waals surface area contributed by atoms with E-state index < -0.39 is 0 Å². The minimum atomic E-state index is 0.496. The normalized spacial score (nSPS) is 12.5. The molecule has 0 aliphatic rings. The van der Waals surface area contributed by atoms with Gasteiger partial charge in [-0.3, -0.25) is 0 Å². The molecular formula is C21H23N. The van der Waals surface area contributed by atoms with Gasteiger partial charge in [0.1, 0.15) is 0 Å². The summed E-state index contributed by atoms with van der Waals surface area (Å²) >= 11 is 0. The summed E-state index contributed by atoms with van der Waals surface area (Å²) in [6.45, 7) is 3.19. The van der Waals surface area contributed by atoms with Crippen molar-refractivity contribution in [2.24, 2.45) is 0 Å². The highest BCUT2D eigenvalue weighted by Crippen LogP contribution is 2.25. The molecule has 1 atom stereocenters. The van der Waals surface area contributed by atoms with Gasteiger partial charge in [0, 0.05) is 12.5 Å². The Morgan fingerprint density at radius 1 is 0.864 bits per heavy atom. The van der Waals surface area contributed by atoms with Gasteiger partial charge in [-0.15, -0.1) is 0 Å². The van der Waals surface area contributed by atoms with Gasteiger partial charge in [0.25, 0.3) is 0 Å². The van der Waals surface area contributed by atoms with Crippen LogP contribution in [0.2, 0.25) is 0 Å². The average Bonchev–Trinajstić information content (AvgIpc) is 2.56. The second kappa shape index (κ2) is 6.76. The lowest BCUT2D eigenvalue weighted by Crippen LogP contribution is -2.19. The summed E-state index contributed by atoms with van der Waals surface area (Å²) in [5.74, 6) is 0.496. The maximum atomic E-state index is 3.35. The highest BCUT2D eigenvalue weighted by Gasteiger charge is 2.13. The van der Waals surface area contributed by atoms with Gasteiger partial charge in [0.15, 0.2) is 0 Å². The standard InChI is InChI=1S/C21H23N/c1-16-7-3-4-9-18(16)13-21(15-22-2)20-12-11-17-8-5-6-10-19(17)14-20/h3-12,14,21-22H,13,15H2,1-2H3/t21-/m1/s1. The van der Waals surface area contributed by atoms with Crippen LogP contribution in [-0.4, -0.2) is 13.6 Å². The number of rotatable bonds is 5. The van der Waals surface area contributed by atoms with E-state index in [1.165, 1.54) is 27.5 Å². The van der Waals surface area contributed by atoms with Crippen molar-refractivity contribution >= 4 is 10.8 Å². The van der Waals surface area contributed by atoms with Gasteiger partial charge in [-0.05, 0) is 47.9 Å². The number of hydrogen-bond donors (Lipinski definition) is 1. The molecule has 3 rings (SSSR count). The van der Waals surface area contributed by atoms with Crippen LogP contribution >= 0.6 is 0 Å². The predicted octanol–water partition coefficient (Wildman–Crippen LogP) is 4.69. The second-order valence-electron chi connectivity index (χ2n) is 5.99. The molecule has 0 saturated carbocycles. The Hall–Kier alpha value is -2.12. The molecule has 3 aromatic carbocycles. The largest absolute Gasteiger partial charge is 0.319 e. The maximum absolute atomic E-state index is 3.35. The first-order valence-electron chi connectivity index (χ1n) is 7.96. The minimum absolute atomic E-state index is 0.496. The minimum Gasteiger partial charge on any atom is -0.319 e. The van der Waals surface area contributed by atoms with Gasteiger partial charge in [-0.2, -0.15) is 0 Å². The first-order chi connectivity index (χ1) is 10.8. The van der Waals surface area contributed by atoms with Crippen LogP contribution in [0.5, 0.6) is 0 Å². The Kier molecular flexibility index (Phi) is 4.55. The van der Waals surface area contributed by atoms with E-state index in [9.17, 15) is 0 Å². The van der Waals surface area contributed by atoms with E-state index in [-0.39, 0.29) is 0 Å². The Bertz CT molecular complexity index is 760. The van der Waals surface area contributed by atoms with Crippen LogP contribution < -0.4 is 5.32 Å². The smallest absolute Gasteiger partial charge is 0.00203 e. The first-order valence-corrected chi connectivity index (χ1v) is 7.96. The summed E-state index contributed by atoms with van der Waals surface area (Å²) in [5.41, 5.74) is 4.23. The van der Waals surface area contributed by atoms with Crippen molar-refractivity contribution in [2.45, 2.75) is 19.3 Å². The molecule has 0 fully saturated rings. The molecule has 1 N–H and O–H groups in total. The topological polar surface area (TPSA) is 12.0 Å². The quantitative estimate of drug-likeness (QED) is 0.718. The Balaban J connectivity index is 1.93. The van der Waals surface area contributed by atoms with Gasteiger partial charge in [0.05, 0.1) is 0 Å². The molecular weight excluding hydrogens is 266 g/mol. The molecule has 0 bridgehead atoms. The zero-order valence-corrected chi connectivity index (χ0v) is 13.3. The number of benzene rings is 3. The summed E-state index contributed by atoms with van der Waals surface area (Å²) in [7, 11) is 2.03. The molecule has 0 aromatic heterocycles. The summed E-state index contributed by atoms with van der Waals surface area (Å²) in [6.07, 6.45) is 1.08. The van der Waals surface area contributed by atoms with Gasteiger partial charge >= 0.3 is 0 Å². The fourth-order valence-electron chi connectivity index (χ4n) is 3.12. The molecule has 3 aromatic rings. The molecule has 0 amide bonds. The number of fused-ring (bicyclic) bond motifs is 1. The van der Waals surface area contributed by atoms with Crippen LogP contribution in [0.3, 0.4) is 0 Å². The summed E-state index contributed by atoms with van der Waals surface area (Å²) in [6, 6.07) is 24.1. The fourth-order valence-corrected chi connectivity index (χ4v) is 3.12. The maximum Gasteiger partial charge on any atom is 0.00203 e. The lowest BCUT2D eigenvalue weighted by atomic mass is 9.89. The van der Waals surface area contributed by atoms with Crippen LogP contribution in [0.1, 0.15) is 22.6 Å². The third-order valence-electron chi connectivity index (χ3n) is 4.42. The lowest BCUT2D eigenvalue weighted by Gasteiger charge is -2.19. The van der Waals surface area contributed by atoms with Gasteiger partial charge in [0.2, 0.25) is 0 Å². The predicted molar refractivity (Wildman–Crippen MR) is 95.5 cm³/mol. The molecule has 22 heavy (non-hydrogen) atoms. The van der Waals surface area contributed by atoms with E-state index in [1.807, 2.05) is 7.05 Å². The molecule has 0 aliphatic heterocycles. The van der Waals surface area contributed by atoms with Crippen LogP contribution in [0.4, 0.5) is 0 Å².